The minimum atomic E-state index is -0.461. The summed E-state index contributed by atoms with van der Waals surface area (Å²) in [5, 5.41) is 18.1. The van der Waals surface area contributed by atoms with Crippen molar-refractivity contribution in [3.05, 3.63) is 23.8 Å². The molecule has 0 aromatic heterocycles. The quantitative estimate of drug-likeness (QED) is 0.704. The summed E-state index contributed by atoms with van der Waals surface area (Å²) in [7, 11) is 1.47. The average molecular weight is 220 g/mol. The van der Waals surface area contributed by atoms with Gasteiger partial charge in [-0.1, -0.05) is 6.07 Å². The molecule has 0 spiro atoms. The number of hydrogen-bond donors (Lipinski definition) is 3. The fourth-order valence-electron chi connectivity index (χ4n) is 1.04. The number of benzene rings is 1. The zero-order valence-electron chi connectivity index (χ0n) is 7.80. The summed E-state index contributed by atoms with van der Waals surface area (Å²) >= 11 is 0. The summed E-state index contributed by atoms with van der Waals surface area (Å²) in [5.41, 5.74) is 6.23. The van der Waals surface area contributed by atoms with E-state index in [1.54, 1.807) is 12.1 Å². The van der Waals surface area contributed by atoms with Crippen molar-refractivity contribution < 1.29 is 14.9 Å². The van der Waals surface area contributed by atoms with E-state index in [9.17, 15) is 5.11 Å². The Kier molecular flexibility index (Phi) is 5.30. The molecule has 1 rings (SSSR count). The number of aliphatic hydroxyl groups excluding tert-OH is 1. The van der Waals surface area contributed by atoms with Crippen LogP contribution in [0.3, 0.4) is 0 Å². The van der Waals surface area contributed by atoms with Crippen LogP contribution >= 0.6 is 12.4 Å². The maximum atomic E-state index is 9.37. The van der Waals surface area contributed by atoms with E-state index in [2.05, 4.69) is 0 Å². The Bertz CT molecular complexity index is 293. The highest BCUT2D eigenvalue weighted by Crippen LogP contribution is 2.27. The molecule has 4 nitrogen and oxygen atoms in total. The van der Waals surface area contributed by atoms with Gasteiger partial charge in [-0.15, -0.1) is 12.4 Å². The van der Waals surface area contributed by atoms with Crippen LogP contribution in [0.25, 0.3) is 0 Å². The lowest BCUT2D eigenvalue weighted by Crippen LogP contribution is -2.14. The number of nitrogens with two attached hydrogens (primary N) is 1. The fourth-order valence-corrected chi connectivity index (χ4v) is 1.04. The van der Waals surface area contributed by atoms with Crippen molar-refractivity contribution in [2.45, 2.75) is 6.04 Å². The molecule has 1 aromatic carbocycles. The smallest absolute Gasteiger partial charge is 0.160 e. The van der Waals surface area contributed by atoms with E-state index >= 15 is 0 Å². The monoisotopic (exact) mass is 219 g/mol. The molecule has 0 aliphatic rings. The Balaban J connectivity index is 0.00000169. The van der Waals surface area contributed by atoms with Gasteiger partial charge in [0.25, 0.3) is 0 Å². The van der Waals surface area contributed by atoms with Crippen LogP contribution < -0.4 is 10.5 Å². The van der Waals surface area contributed by atoms with Gasteiger partial charge in [-0.05, 0) is 17.7 Å². The topological polar surface area (TPSA) is 75.7 Å². The van der Waals surface area contributed by atoms with Crippen molar-refractivity contribution in [1.82, 2.24) is 0 Å². The van der Waals surface area contributed by atoms with Crippen LogP contribution in [0.1, 0.15) is 11.6 Å². The van der Waals surface area contributed by atoms with E-state index in [-0.39, 0.29) is 24.8 Å². The van der Waals surface area contributed by atoms with Gasteiger partial charge < -0.3 is 20.7 Å². The van der Waals surface area contributed by atoms with Gasteiger partial charge >= 0.3 is 0 Å². The Morgan fingerprint density at radius 1 is 1.50 bits per heavy atom. The molecule has 1 aromatic rings. The molecule has 0 radical (unpaired) electrons. The molecular formula is C9H14ClNO3. The van der Waals surface area contributed by atoms with Crippen molar-refractivity contribution in [1.29, 1.82) is 0 Å². The van der Waals surface area contributed by atoms with Crippen LogP contribution in [-0.2, 0) is 0 Å². The highest BCUT2D eigenvalue weighted by molar-refractivity contribution is 5.85. The van der Waals surface area contributed by atoms with Gasteiger partial charge in [0.15, 0.2) is 11.5 Å². The number of aliphatic hydroxyl groups is 1. The van der Waals surface area contributed by atoms with Crippen molar-refractivity contribution in [3.63, 3.8) is 0 Å². The molecule has 0 saturated heterocycles. The molecule has 5 heteroatoms. The Morgan fingerprint density at radius 3 is 2.57 bits per heavy atom. The van der Waals surface area contributed by atoms with Gasteiger partial charge in [0.05, 0.1) is 19.8 Å². The lowest BCUT2D eigenvalue weighted by molar-refractivity contribution is 0.267. The summed E-state index contributed by atoms with van der Waals surface area (Å²) in [6.07, 6.45) is 0. The van der Waals surface area contributed by atoms with E-state index in [4.69, 9.17) is 15.6 Å². The minimum absolute atomic E-state index is 0. The summed E-state index contributed by atoms with van der Waals surface area (Å²) in [5.74, 6) is 0.429. The molecule has 1 unspecified atom stereocenters. The Labute approximate surface area is 88.7 Å². The minimum Gasteiger partial charge on any atom is -0.504 e. The van der Waals surface area contributed by atoms with Crippen molar-refractivity contribution in [2.75, 3.05) is 13.7 Å². The summed E-state index contributed by atoms with van der Waals surface area (Å²) in [4.78, 5) is 0. The summed E-state index contributed by atoms with van der Waals surface area (Å²) < 4.78 is 4.86. The molecule has 4 N–H and O–H groups in total. The first kappa shape index (κ1) is 13.0. The van der Waals surface area contributed by atoms with Gasteiger partial charge in [-0.3, -0.25) is 0 Å². The van der Waals surface area contributed by atoms with Crippen LogP contribution in [-0.4, -0.2) is 23.9 Å². The van der Waals surface area contributed by atoms with E-state index in [1.807, 2.05) is 0 Å². The van der Waals surface area contributed by atoms with E-state index in [1.165, 1.54) is 13.2 Å². The number of phenols is 1. The SMILES string of the molecule is COc1ccc(C(N)CO)cc1O.Cl. The van der Waals surface area contributed by atoms with E-state index in [0.717, 1.165) is 0 Å². The second-order valence-electron chi connectivity index (χ2n) is 2.72. The first-order valence-corrected chi connectivity index (χ1v) is 3.92. The van der Waals surface area contributed by atoms with Gasteiger partial charge in [-0.25, -0.2) is 0 Å². The molecule has 0 aliphatic carbocycles. The van der Waals surface area contributed by atoms with Crippen LogP contribution in [0.2, 0.25) is 0 Å². The third-order valence-corrected chi connectivity index (χ3v) is 1.83. The maximum absolute atomic E-state index is 9.37. The van der Waals surface area contributed by atoms with Crippen LogP contribution in [0, 0.1) is 0 Å². The number of phenolic OH excluding ortho intramolecular Hbond substituents is 1. The third-order valence-electron chi connectivity index (χ3n) is 1.83. The Morgan fingerprint density at radius 2 is 2.14 bits per heavy atom. The number of aromatic hydroxyl groups is 1. The first-order valence-electron chi connectivity index (χ1n) is 3.92. The molecule has 0 bridgehead atoms. The van der Waals surface area contributed by atoms with Crippen LogP contribution in [0.5, 0.6) is 11.5 Å². The zero-order chi connectivity index (χ0) is 9.84. The third kappa shape index (κ3) is 2.77. The number of rotatable bonds is 3. The van der Waals surface area contributed by atoms with E-state index in [0.29, 0.717) is 11.3 Å². The predicted octanol–water partition coefficient (Wildman–Crippen LogP) is 0.815. The van der Waals surface area contributed by atoms with Crippen molar-refractivity contribution in [3.8, 4) is 11.5 Å². The maximum Gasteiger partial charge on any atom is 0.160 e. The normalized spacial score (nSPS) is 11.6. The van der Waals surface area contributed by atoms with Crippen molar-refractivity contribution >= 4 is 12.4 Å². The van der Waals surface area contributed by atoms with Crippen molar-refractivity contribution in [2.24, 2.45) is 5.73 Å². The molecular weight excluding hydrogens is 206 g/mol. The predicted molar refractivity (Wildman–Crippen MR) is 55.9 cm³/mol. The van der Waals surface area contributed by atoms with Crippen LogP contribution in [0.4, 0.5) is 0 Å². The van der Waals surface area contributed by atoms with Gasteiger partial charge in [-0.2, -0.15) is 0 Å². The molecule has 0 amide bonds. The summed E-state index contributed by atoms with van der Waals surface area (Å²) in [6.45, 7) is -0.147. The Hall–Kier alpha value is -0.970. The fraction of sp³-hybridized carbons (Fsp3) is 0.333. The largest absolute Gasteiger partial charge is 0.504 e. The molecule has 80 valence electrons. The van der Waals surface area contributed by atoms with E-state index < -0.39 is 6.04 Å². The first-order chi connectivity index (χ1) is 6.19. The van der Waals surface area contributed by atoms with Gasteiger partial charge in [0.2, 0.25) is 0 Å². The highest BCUT2D eigenvalue weighted by atomic mass is 35.5. The number of methoxy groups -OCH3 is 1. The molecule has 0 heterocycles. The standard InChI is InChI=1S/C9H13NO3.ClH/c1-13-9-3-2-6(4-8(9)12)7(10)5-11;/h2-4,7,11-12H,5,10H2,1H3;1H. The number of hydrogen-bond acceptors (Lipinski definition) is 4. The number of halogens is 1. The average Bonchev–Trinajstić information content (AvgIpc) is 2.16. The zero-order valence-corrected chi connectivity index (χ0v) is 8.62. The van der Waals surface area contributed by atoms with Crippen LogP contribution in [0.15, 0.2) is 18.2 Å². The lowest BCUT2D eigenvalue weighted by atomic mass is 10.1. The molecule has 0 aliphatic heterocycles. The van der Waals surface area contributed by atoms with Gasteiger partial charge in [0, 0.05) is 0 Å². The summed E-state index contributed by atoms with van der Waals surface area (Å²) in [6, 6.07) is 4.34. The number of ether oxygens (including phenoxy) is 1. The second kappa shape index (κ2) is 5.70. The highest BCUT2D eigenvalue weighted by Gasteiger charge is 2.07. The van der Waals surface area contributed by atoms with Gasteiger partial charge in [0.1, 0.15) is 0 Å². The molecule has 1 atom stereocenters. The second-order valence-corrected chi connectivity index (χ2v) is 2.72. The molecule has 0 fully saturated rings. The lowest BCUT2D eigenvalue weighted by Gasteiger charge is -2.10. The molecule has 0 saturated carbocycles. The molecule has 14 heavy (non-hydrogen) atoms.